The summed E-state index contributed by atoms with van der Waals surface area (Å²) in [6.07, 6.45) is -0.483. The first-order valence-electron chi connectivity index (χ1n) is 7.97. The molecule has 1 aromatic rings. The van der Waals surface area contributed by atoms with E-state index in [0.29, 0.717) is 12.3 Å². The van der Waals surface area contributed by atoms with E-state index >= 15 is 0 Å². The van der Waals surface area contributed by atoms with Crippen molar-refractivity contribution in [3.8, 4) is 5.75 Å². The standard InChI is InChI=1S/C18H25NO5/c1-11-6-7-15(23-5)12(8-11)13-9-19(10-14(13)16(20)21)17(22)24-18(2,3)4/h6-8,13-14H,9-10H2,1-5H3,(H,20,21). The monoisotopic (exact) mass is 335 g/mol. The van der Waals surface area contributed by atoms with Gasteiger partial charge in [-0.05, 0) is 33.8 Å². The van der Waals surface area contributed by atoms with E-state index in [0.717, 1.165) is 11.1 Å². The van der Waals surface area contributed by atoms with Gasteiger partial charge in [0, 0.05) is 24.6 Å². The molecule has 2 atom stereocenters. The number of carboxylic acids is 1. The summed E-state index contributed by atoms with van der Waals surface area (Å²) in [5, 5.41) is 9.59. The number of aliphatic carboxylic acids is 1. The van der Waals surface area contributed by atoms with Gasteiger partial charge in [-0.1, -0.05) is 17.7 Å². The quantitative estimate of drug-likeness (QED) is 0.919. The largest absolute Gasteiger partial charge is 0.496 e. The summed E-state index contributed by atoms with van der Waals surface area (Å²) in [5.74, 6) is -1.30. The van der Waals surface area contributed by atoms with Gasteiger partial charge in [-0.15, -0.1) is 0 Å². The molecule has 0 saturated carbocycles. The molecule has 0 radical (unpaired) electrons. The van der Waals surface area contributed by atoms with Crippen LogP contribution in [-0.4, -0.2) is 47.9 Å². The van der Waals surface area contributed by atoms with Gasteiger partial charge in [-0.2, -0.15) is 0 Å². The van der Waals surface area contributed by atoms with Gasteiger partial charge in [0.25, 0.3) is 0 Å². The lowest BCUT2D eigenvalue weighted by molar-refractivity contribution is -0.141. The van der Waals surface area contributed by atoms with Crippen molar-refractivity contribution in [1.29, 1.82) is 0 Å². The Labute approximate surface area is 142 Å². The molecule has 6 nitrogen and oxygen atoms in total. The Hall–Kier alpha value is -2.24. The second kappa shape index (κ2) is 6.71. The van der Waals surface area contributed by atoms with Crippen molar-refractivity contribution >= 4 is 12.1 Å². The van der Waals surface area contributed by atoms with Crippen molar-refractivity contribution in [2.45, 2.75) is 39.2 Å². The topological polar surface area (TPSA) is 76.1 Å². The first-order chi connectivity index (χ1) is 11.1. The number of methoxy groups -OCH3 is 1. The highest BCUT2D eigenvalue weighted by Gasteiger charge is 2.42. The van der Waals surface area contributed by atoms with Crippen LogP contribution in [0.3, 0.4) is 0 Å². The Morgan fingerprint density at radius 1 is 1.25 bits per heavy atom. The van der Waals surface area contributed by atoms with Gasteiger partial charge < -0.3 is 19.5 Å². The van der Waals surface area contributed by atoms with Crippen LogP contribution in [0.15, 0.2) is 18.2 Å². The number of likely N-dealkylation sites (tertiary alicyclic amines) is 1. The van der Waals surface area contributed by atoms with Gasteiger partial charge in [0.1, 0.15) is 11.4 Å². The number of carboxylic acid groups (broad SMARTS) is 1. The Morgan fingerprint density at radius 2 is 1.92 bits per heavy atom. The Balaban J connectivity index is 2.31. The van der Waals surface area contributed by atoms with Crippen LogP contribution in [0.1, 0.15) is 37.8 Å². The first kappa shape index (κ1) is 18.1. The molecule has 2 rings (SSSR count). The maximum Gasteiger partial charge on any atom is 0.410 e. The SMILES string of the molecule is COc1ccc(C)cc1C1CN(C(=O)OC(C)(C)C)CC1C(=O)O. The average Bonchev–Trinajstić information content (AvgIpc) is 2.90. The lowest BCUT2D eigenvalue weighted by atomic mass is 9.87. The predicted octanol–water partition coefficient (Wildman–Crippen LogP) is 3.04. The summed E-state index contributed by atoms with van der Waals surface area (Å²) in [6, 6.07) is 5.68. The molecule has 132 valence electrons. The van der Waals surface area contributed by atoms with Gasteiger partial charge in [-0.3, -0.25) is 4.79 Å². The molecule has 0 spiro atoms. The van der Waals surface area contributed by atoms with E-state index in [1.807, 2.05) is 25.1 Å². The van der Waals surface area contributed by atoms with Crippen molar-refractivity contribution in [2.75, 3.05) is 20.2 Å². The fourth-order valence-corrected chi connectivity index (χ4v) is 2.99. The molecule has 0 aromatic heterocycles. The first-order valence-corrected chi connectivity index (χ1v) is 7.97. The molecule has 1 aliphatic rings. The van der Waals surface area contributed by atoms with Gasteiger partial charge in [0.15, 0.2) is 0 Å². The molecule has 1 saturated heterocycles. The Morgan fingerprint density at radius 3 is 2.46 bits per heavy atom. The molecular weight excluding hydrogens is 310 g/mol. The molecule has 0 bridgehead atoms. The van der Waals surface area contributed by atoms with E-state index in [1.165, 1.54) is 4.90 Å². The maximum atomic E-state index is 12.3. The number of benzene rings is 1. The zero-order valence-corrected chi connectivity index (χ0v) is 14.8. The molecule has 1 fully saturated rings. The zero-order chi connectivity index (χ0) is 18.1. The van der Waals surface area contributed by atoms with E-state index in [1.54, 1.807) is 27.9 Å². The van der Waals surface area contributed by atoms with Gasteiger partial charge in [0.2, 0.25) is 0 Å². The summed E-state index contributed by atoms with van der Waals surface area (Å²) in [4.78, 5) is 25.5. The minimum atomic E-state index is -0.922. The van der Waals surface area contributed by atoms with E-state index in [4.69, 9.17) is 9.47 Å². The lowest BCUT2D eigenvalue weighted by Crippen LogP contribution is -2.35. The number of hydrogen-bond donors (Lipinski definition) is 1. The fraction of sp³-hybridized carbons (Fsp3) is 0.556. The van der Waals surface area contributed by atoms with Gasteiger partial charge in [0.05, 0.1) is 13.0 Å². The number of rotatable bonds is 3. The molecule has 1 amide bonds. The third-order valence-corrected chi connectivity index (χ3v) is 4.07. The van der Waals surface area contributed by atoms with Crippen LogP contribution in [0, 0.1) is 12.8 Å². The number of ether oxygens (including phenoxy) is 2. The molecule has 24 heavy (non-hydrogen) atoms. The minimum absolute atomic E-state index is 0.131. The van der Waals surface area contributed by atoms with Crippen LogP contribution in [0.25, 0.3) is 0 Å². The van der Waals surface area contributed by atoms with Crippen LogP contribution in [0.4, 0.5) is 4.79 Å². The summed E-state index contributed by atoms with van der Waals surface area (Å²) < 4.78 is 10.8. The minimum Gasteiger partial charge on any atom is -0.496 e. The van der Waals surface area contributed by atoms with Gasteiger partial charge >= 0.3 is 12.1 Å². The van der Waals surface area contributed by atoms with Crippen molar-refractivity contribution in [1.82, 2.24) is 4.90 Å². The molecule has 6 heteroatoms. The van der Waals surface area contributed by atoms with Crippen LogP contribution >= 0.6 is 0 Å². The molecule has 1 heterocycles. The van der Waals surface area contributed by atoms with Crippen molar-refractivity contribution in [3.05, 3.63) is 29.3 Å². The Bertz CT molecular complexity index is 635. The van der Waals surface area contributed by atoms with E-state index in [2.05, 4.69) is 0 Å². The lowest BCUT2D eigenvalue weighted by Gasteiger charge is -2.24. The maximum absolute atomic E-state index is 12.3. The van der Waals surface area contributed by atoms with Crippen LogP contribution in [-0.2, 0) is 9.53 Å². The molecule has 1 N–H and O–H groups in total. The molecular formula is C18H25NO5. The number of aryl methyl sites for hydroxylation is 1. The van der Waals surface area contributed by atoms with Gasteiger partial charge in [-0.25, -0.2) is 4.79 Å². The number of amides is 1. The molecule has 1 aliphatic heterocycles. The highest BCUT2D eigenvalue weighted by atomic mass is 16.6. The molecule has 1 aromatic carbocycles. The third kappa shape index (κ3) is 3.99. The summed E-state index contributed by atoms with van der Waals surface area (Å²) in [6.45, 7) is 7.74. The van der Waals surface area contributed by atoms with E-state index < -0.39 is 23.6 Å². The highest BCUT2D eigenvalue weighted by Crippen LogP contribution is 2.38. The van der Waals surface area contributed by atoms with Crippen LogP contribution < -0.4 is 4.74 Å². The average molecular weight is 335 g/mol. The van der Waals surface area contributed by atoms with Crippen LogP contribution in [0.5, 0.6) is 5.75 Å². The summed E-state index contributed by atoms with van der Waals surface area (Å²) in [7, 11) is 1.56. The van der Waals surface area contributed by atoms with Crippen molar-refractivity contribution in [2.24, 2.45) is 5.92 Å². The number of carbonyl (C=O) groups is 2. The van der Waals surface area contributed by atoms with Crippen molar-refractivity contribution in [3.63, 3.8) is 0 Å². The number of carbonyl (C=O) groups excluding carboxylic acids is 1. The fourth-order valence-electron chi connectivity index (χ4n) is 2.99. The van der Waals surface area contributed by atoms with E-state index in [9.17, 15) is 14.7 Å². The van der Waals surface area contributed by atoms with Crippen molar-refractivity contribution < 1.29 is 24.2 Å². The predicted molar refractivity (Wildman–Crippen MR) is 89.4 cm³/mol. The zero-order valence-electron chi connectivity index (χ0n) is 14.8. The Kier molecular flexibility index (Phi) is 5.06. The van der Waals surface area contributed by atoms with E-state index in [-0.39, 0.29) is 12.5 Å². The third-order valence-electron chi connectivity index (χ3n) is 4.07. The number of hydrogen-bond acceptors (Lipinski definition) is 4. The summed E-state index contributed by atoms with van der Waals surface area (Å²) in [5.41, 5.74) is 1.22. The molecule has 2 unspecified atom stereocenters. The summed E-state index contributed by atoms with van der Waals surface area (Å²) >= 11 is 0. The second-order valence-electron chi connectivity index (χ2n) is 7.18. The smallest absolute Gasteiger partial charge is 0.410 e. The normalized spacial score (nSPS) is 20.8. The highest BCUT2D eigenvalue weighted by molar-refractivity contribution is 5.76. The second-order valence-corrected chi connectivity index (χ2v) is 7.18. The number of nitrogens with zero attached hydrogens (tertiary/aromatic N) is 1. The molecule has 0 aliphatic carbocycles. The van der Waals surface area contributed by atoms with Crippen LogP contribution in [0.2, 0.25) is 0 Å².